The van der Waals surface area contributed by atoms with Crippen LogP contribution in [0.15, 0.2) is 22.5 Å². The van der Waals surface area contributed by atoms with Gasteiger partial charge in [-0.3, -0.25) is 14.7 Å². The third-order valence-electron chi connectivity index (χ3n) is 6.49. The van der Waals surface area contributed by atoms with Gasteiger partial charge in [-0.1, -0.05) is 6.07 Å². The Balaban J connectivity index is 1.27. The Morgan fingerprint density at radius 1 is 1.19 bits per heavy atom. The van der Waals surface area contributed by atoms with E-state index >= 15 is 0 Å². The fourth-order valence-corrected chi connectivity index (χ4v) is 5.57. The zero-order valence-electron chi connectivity index (χ0n) is 18.8. The summed E-state index contributed by atoms with van der Waals surface area (Å²) in [5, 5.41) is 5.64. The third-order valence-corrected chi connectivity index (χ3v) is 7.35. The molecule has 3 aliphatic rings. The lowest BCUT2D eigenvalue weighted by Gasteiger charge is -2.37. The van der Waals surface area contributed by atoms with E-state index in [1.165, 1.54) is 24.3 Å². The van der Waals surface area contributed by atoms with E-state index in [9.17, 15) is 4.79 Å². The number of aliphatic imine (C=N–C) groups is 1. The summed E-state index contributed by atoms with van der Waals surface area (Å²) in [5.74, 6) is 1.79. The van der Waals surface area contributed by atoms with Crippen molar-refractivity contribution in [2.75, 3.05) is 59.0 Å². The quantitative estimate of drug-likeness (QED) is 0.535. The summed E-state index contributed by atoms with van der Waals surface area (Å²) in [6.07, 6.45) is 4.17. The predicted octanol–water partition coefficient (Wildman–Crippen LogP) is 2.25. The first-order valence-electron chi connectivity index (χ1n) is 11.9. The first kappa shape index (κ1) is 22.6. The SMILES string of the molecule is CCNC(=NCC1CCCN(Cc2cccs2)C1)N1CCN(C(=O)C2CCCO2)CC1. The molecule has 0 aromatic carbocycles. The van der Waals surface area contributed by atoms with Crippen LogP contribution in [0, 0.1) is 5.92 Å². The molecule has 0 spiro atoms. The van der Waals surface area contributed by atoms with Crippen molar-refractivity contribution in [2.45, 2.75) is 45.3 Å². The van der Waals surface area contributed by atoms with Gasteiger partial charge in [0, 0.05) is 63.8 Å². The number of nitrogens with one attached hydrogen (secondary N) is 1. The summed E-state index contributed by atoms with van der Waals surface area (Å²) in [6.45, 7) is 11.1. The minimum absolute atomic E-state index is 0.173. The van der Waals surface area contributed by atoms with Crippen LogP contribution in [0.1, 0.15) is 37.5 Å². The Bertz CT molecular complexity index is 712. The summed E-state index contributed by atoms with van der Waals surface area (Å²) >= 11 is 1.85. The van der Waals surface area contributed by atoms with E-state index in [0.29, 0.717) is 5.92 Å². The van der Waals surface area contributed by atoms with Crippen molar-refractivity contribution in [3.63, 3.8) is 0 Å². The molecular weight excluding hydrogens is 410 g/mol. The number of ether oxygens (including phenoxy) is 1. The number of piperidine rings is 1. The molecule has 3 saturated heterocycles. The van der Waals surface area contributed by atoms with E-state index in [2.05, 4.69) is 39.6 Å². The molecule has 172 valence electrons. The van der Waals surface area contributed by atoms with E-state index in [1.807, 2.05) is 16.2 Å². The number of amides is 1. The van der Waals surface area contributed by atoms with Gasteiger partial charge in [-0.05, 0) is 56.5 Å². The minimum atomic E-state index is -0.211. The van der Waals surface area contributed by atoms with Gasteiger partial charge >= 0.3 is 0 Å². The highest BCUT2D eigenvalue weighted by Crippen LogP contribution is 2.21. The van der Waals surface area contributed by atoms with E-state index in [4.69, 9.17) is 9.73 Å². The summed E-state index contributed by atoms with van der Waals surface area (Å²) in [6, 6.07) is 4.38. The molecule has 2 atom stereocenters. The van der Waals surface area contributed by atoms with Gasteiger partial charge in [0.15, 0.2) is 5.96 Å². The minimum Gasteiger partial charge on any atom is -0.368 e. The molecule has 0 radical (unpaired) electrons. The van der Waals surface area contributed by atoms with Crippen molar-refractivity contribution >= 4 is 23.2 Å². The normalized spacial score (nSPS) is 25.8. The summed E-state index contributed by atoms with van der Waals surface area (Å²) in [5.41, 5.74) is 0. The van der Waals surface area contributed by atoms with Crippen molar-refractivity contribution in [3.05, 3.63) is 22.4 Å². The smallest absolute Gasteiger partial charge is 0.251 e. The molecule has 0 bridgehead atoms. The molecule has 1 amide bonds. The van der Waals surface area contributed by atoms with Crippen molar-refractivity contribution in [2.24, 2.45) is 10.9 Å². The van der Waals surface area contributed by atoms with Gasteiger partial charge < -0.3 is 19.9 Å². The number of rotatable bonds is 6. The maximum atomic E-state index is 12.6. The van der Waals surface area contributed by atoms with Crippen LogP contribution in [0.25, 0.3) is 0 Å². The highest BCUT2D eigenvalue weighted by atomic mass is 32.1. The molecule has 0 saturated carbocycles. The lowest BCUT2D eigenvalue weighted by atomic mass is 9.98. The average molecular weight is 448 g/mol. The van der Waals surface area contributed by atoms with Crippen LogP contribution < -0.4 is 5.32 Å². The van der Waals surface area contributed by atoms with Gasteiger partial charge in [0.25, 0.3) is 5.91 Å². The molecule has 4 heterocycles. The standard InChI is InChI=1S/C23H37N5O2S/c1-2-24-23(28-12-10-27(11-13-28)22(29)21-8-4-14-30-21)25-16-19-6-3-9-26(17-19)18-20-7-5-15-31-20/h5,7,15,19,21H,2-4,6,8-14,16-18H2,1H3,(H,24,25). The van der Waals surface area contributed by atoms with Gasteiger partial charge in [0.1, 0.15) is 6.10 Å². The second-order valence-electron chi connectivity index (χ2n) is 8.83. The molecule has 8 heteroatoms. The lowest BCUT2D eigenvalue weighted by molar-refractivity contribution is -0.142. The summed E-state index contributed by atoms with van der Waals surface area (Å²) < 4.78 is 5.58. The molecule has 31 heavy (non-hydrogen) atoms. The van der Waals surface area contributed by atoms with Crippen molar-refractivity contribution in [1.29, 1.82) is 0 Å². The van der Waals surface area contributed by atoms with E-state index in [1.54, 1.807) is 0 Å². The maximum absolute atomic E-state index is 12.6. The lowest BCUT2D eigenvalue weighted by Crippen LogP contribution is -2.55. The molecule has 1 N–H and O–H groups in total. The Hall–Kier alpha value is -1.64. The fraction of sp³-hybridized carbons (Fsp3) is 0.739. The van der Waals surface area contributed by atoms with Crippen molar-refractivity contribution in [1.82, 2.24) is 20.0 Å². The van der Waals surface area contributed by atoms with E-state index in [0.717, 1.165) is 77.8 Å². The number of carbonyl (C=O) groups is 1. The zero-order valence-corrected chi connectivity index (χ0v) is 19.6. The Labute approximate surface area is 190 Å². The van der Waals surface area contributed by atoms with Gasteiger partial charge in [-0.2, -0.15) is 0 Å². The number of hydrogen-bond donors (Lipinski definition) is 1. The molecule has 1 aromatic rings. The number of likely N-dealkylation sites (tertiary alicyclic amines) is 1. The van der Waals surface area contributed by atoms with Gasteiger partial charge in [0.2, 0.25) is 0 Å². The largest absolute Gasteiger partial charge is 0.368 e. The molecule has 3 fully saturated rings. The Kier molecular flexibility index (Phi) is 8.21. The number of piperazine rings is 1. The van der Waals surface area contributed by atoms with Crippen LogP contribution in [0.4, 0.5) is 0 Å². The molecule has 4 rings (SSSR count). The predicted molar refractivity (Wildman–Crippen MR) is 125 cm³/mol. The van der Waals surface area contributed by atoms with E-state index in [-0.39, 0.29) is 12.0 Å². The zero-order chi connectivity index (χ0) is 21.5. The molecular formula is C23H37N5O2S. The first-order valence-corrected chi connectivity index (χ1v) is 12.8. The number of thiophene rings is 1. The van der Waals surface area contributed by atoms with Crippen LogP contribution >= 0.6 is 11.3 Å². The van der Waals surface area contributed by atoms with Gasteiger partial charge in [-0.15, -0.1) is 11.3 Å². The Morgan fingerprint density at radius 2 is 2.03 bits per heavy atom. The molecule has 0 aliphatic carbocycles. The van der Waals surface area contributed by atoms with E-state index < -0.39 is 0 Å². The van der Waals surface area contributed by atoms with Crippen LogP contribution in [0.2, 0.25) is 0 Å². The molecule has 2 unspecified atom stereocenters. The van der Waals surface area contributed by atoms with Crippen LogP contribution in [0.5, 0.6) is 0 Å². The van der Waals surface area contributed by atoms with Crippen LogP contribution in [-0.2, 0) is 16.1 Å². The highest BCUT2D eigenvalue weighted by molar-refractivity contribution is 7.09. The van der Waals surface area contributed by atoms with Crippen molar-refractivity contribution < 1.29 is 9.53 Å². The first-order chi connectivity index (χ1) is 15.2. The molecule has 1 aromatic heterocycles. The fourth-order valence-electron chi connectivity index (χ4n) is 4.82. The second kappa shape index (κ2) is 11.3. The number of nitrogens with zero attached hydrogens (tertiary/aromatic N) is 4. The monoisotopic (exact) mass is 447 g/mol. The maximum Gasteiger partial charge on any atom is 0.251 e. The third kappa shape index (κ3) is 6.20. The second-order valence-corrected chi connectivity index (χ2v) is 9.86. The number of hydrogen-bond acceptors (Lipinski definition) is 5. The summed E-state index contributed by atoms with van der Waals surface area (Å²) in [7, 11) is 0. The summed E-state index contributed by atoms with van der Waals surface area (Å²) in [4.78, 5) is 26.0. The number of carbonyl (C=O) groups excluding carboxylic acids is 1. The van der Waals surface area contributed by atoms with Gasteiger partial charge in [0.05, 0.1) is 0 Å². The Morgan fingerprint density at radius 3 is 2.74 bits per heavy atom. The van der Waals surface area contributed by atoms with Crippen LogP contribution in [-0.4, -0.2) is 91.6 Å². The van der Waals surface area contributed by atoms with Crippen LogP contribution in [0.3, 0.4) is 0 Å². The molecule has 3 aliphatic heterocycles. The molecule has 7 nitrogen and oxygen atoms in total. The topological polar surface area (TPSA) is 60.4 Å². The van der Waals surface area contributed by atoms with Gasteiger partial charge in [-0.25, -0.2) is 0 Å². The number of guanidine groups is 1. The highest BCUT2D eigenvalue weighted by Gasteiger charge is 2.31. The van der Waals surface area contributed by atoms with Crippen molar-refractivity contribution in [3.8, 4) is 0 Å². The average Bonchev–Trinajstić information content (AvgIpc) is 3.51.